The lowest BCUT2D eigenvalue weighted by molar-refractivity contribution is -0.385. The van der Waals surface area contributed by atoms with Crippen molar-refractivity contribution in [3.63, 3.8) is 0 Å². The SMILES string of the molecule is COc1ccc(NC(=O)c2ccco2)cc1NC(=O)c1ccc(C)c([N+](=O)[O-])c1. The van der Waals surface area contributed by atoms with Crippen molar-refractivity contribution in [2.24, 2.45) is 0 Å². The summed E-state index contributed by atoms with van der Waals surface area (Å²) in [5, 5.41) is 16.4. The van der Waals surface area contributed by atoms with Gasteiger partial charge in [0.2, 0.25) is 0 Å². The molecule has 0 radical (unpaired) electrons. The van der Waals surface area contributed by atoms with Gasteiger partial charge in [-0.05, 0) is 43.3 Å². The van der Waals surface area contributed by atoms with Crippen LogP contribution in [0, 0.1) is 17.0 Å². The van der Waals surface area contributed by atoms with Gasteiger partial charge in [-0.2, -0.15) is 0 Å². The molecule has 3 rings (SSSR count). The molecule has 0 saturated carbocycles. The topological polar surface area (TPSA) is 124 Å². The predicted octanol–water partition coefficient (Wildman–Crippen LogP) is 4.01. The zero-order chi connectivity index (χ0) is 21.0. The first-order valence-electron chi connectivity index (χ1n) is 8.48. The summed E-state index contributed by atoms with van der Waals surface area (Å²) in [5.41, 5.74) is 1.11. The smallest absolute Gasteiger partial charge is 0.291 e. The van der Waals surface area contributed by atoms with Crippen LogP contribution in [0.25, 0.3) is 0 Å². The van der Waals surface area contributed by atoms with Crippen LogP contribution in [0.2, 0.25) is 0 Å². The monoisotopic (exact) mass is 395 g/mol. The number of methoxy groups -OCH3 is 1. The molecule has 1 aromatic heterocycles. The summed E-state index contributed by atoms with van der Waals surface area (Å²) in [6.45, 7) is 1.59. The molecule has 2 amide bonds. The van der Waals surface area contributed by atoms with Gasteiger partial charge in [0.05, 0.1) is 24.0 Å². The molecule has 29 heavy (non-hydrogen) atoms. The number of anilines is 2. The standard InChI is InChI=1S/C20H17N3O6/c1-12-5-6-13(10-16(12)23(26)27)19(24)22-15-11-14(7-8-17(15)28-2)21-20(25)18-4-3-9-29-18/h3-11H,1-2H3,(H,21,25)(H,22,24). The average Bonchev–Trinajstić information content (AvgIpc) is 3.23. The van der Waals surface area contributed by atoms with Crippen LogP contribution >= 0.6 is 0 Å². The lowest BCUT2D eigenvalue weighted by Crippen LogP contribution is -2.14. The number of ether oxygens (including phenoxy) is 1. The van der Waals surface area contributed by atoms with E-state index in [4.69, 9.17) is 9.15 Å². The second kappa shape index (κ2) is 8.26. The highest BCUT2D eigenvalue weighted by atomic mass is 16.6. The molecule has 3 aromatic rings. The van der Waals surface area contributed by atoms with Crippen molar-refractivity contribution in [1.82, 2.24) is 0 Å². The fourth-order valence-corrected chi connectivity index (χ4v) is 2.63. The summed E-state index contributed by atoms with van der Waals surface area (Å²) < 4.78 is 10.3. The summed E-state index contributed by atoms with van der Waals surface area (Å²) in [6, 6.07) is 12.0. The van der Waals surface area contributed by atoms with Crippen molar-refractivity contribution in [2.75, 3.05) is 17.7 Å². The third-order valence-corrected chi connectivity index (χ3v) is 4.12. The van der Waals surface area contributed by atoms with E-state index < -0.39 is 16.7 Å². The van der Waals surface area contributed by atoms with Crippen molar-refractivity contribution in [3.8, 4) is 5.75 Å². The number of amides is 2. The van der Waals surface area contributed by atoms with Crippen LogP contribution < -0.4 is 15.4 Å². The summed E-state index contributed by atoms with van der Waals surface area (Å²) in [7, 11) is 1.43. The molecule has 0 spiro atoms. The largest absolute Gasteiger partial charge is 0.495 e. The summed E-state index contributed by atoms with van der Waals surface area (Å²) in [6.07, 6.45) is 1.38. The Morgan fingerprint density at radius 1 is 1.07 bits per heavy atom. The van der Waals surface area contributed by atoms with Gasteiger partial charge in [-0.3, -0.25) is 19.7 Å². The van der Waals surface area contributed by atoms with Crippen molar-refractivity contribution >= 4 is 28.9 Å². The molecule has 0 unspecified atom stereocenters. The first kappa shape index (κ1) is 19.6. The number of nitro groups is 1. The van der Waals surface area contributed by atoms with Gasteiger partial charge in [-0.1, -0.05) is 6.07 Å². The highest BCUT2D eigenvalue weighted by Gasteiger charge is 2.17. The summed E-state index contributed by atoms with van der Waals surface area (Å²) >= 11 is 0. The normalized spacial score (nSPS) is 10.3. The number of nitro benzene ring substituents is 1. The Bertz CT molecular complexity index is 1080. The van der Waals surface area contributed by atoms with E-state index in [9.17, 15) is 19.7 Å². The number of rotatable bonds is 6. The molecule has 2 aromatic carbocycles. The molecule has 148 valence electrons. The van der Waals surface area contributed by atoms with E-state index in [1.807, 2.05) is 0 Å². The molecule has 0 saturated heterocycles. The third kappa shape index (κ3) is 4.41. The number of carbonyl (C=O) groups excluding carboxylic acids is 2. The molecular weight excluding hydrogens is 378 g/mol. The number of hydrogen-bond donors (Lipinski definition) is 2. The number of hydrogen-bond acceptors (Lipinski definition) is 6. The molecule has 2 N–H and O–H groups in total. The van der Waals surface area contributed by atoms with Gasteiger partial charge < -0.3 is 19.8 Å². The van der Waals surface area contributed by atoms with Crippen LogP contribution in [0.4, 0.5) is 17.1 Å². The summed E-state index contributed by atoms with van der Waals surface area (Å²) in [5.74, 6) is -0.512. The number of furan rings is 1. The lowest BCUT2D eigenvalue weighted by atomic mass is 10.1. The van der Waals surface area contributed by atoms with E-state index in [1.54, 1.807) is 25.1 Å². The Morgan fingerprint density at radius 2 is 1.86 bits per heavy atom. The van der Waals surface area contributed by atoms with E-state index in [0.29, 0.717) is 17.0 Å². The second-order valence-corrected chi connectivity index (χ2v) is 6.06. The van der Waals surface area contributed by atoms with E-state index >= 15 is 0 Å². The highest BCUT2D eigenvalue weighted by Crippen LogP contribution is 2.29. The fraction of sp³-hybridized carbons (Fsp3) is 0.100. The van der Waals surface area contributed by atoms with E-state index in [0.717, 1.165) is 0 Å². The first-order chi connectivity index (χ1) is 13.9. The van der Waals surface area contributed by atoms with Gasteiger partial charge in [0.15, 0.2) is 5.76 Å². The van der Waals surface area contributed by atoms with Crippen LogP contribution in [0.1, 0.15) is 26.5 Å². The number of nitrogens with one attached hydrogen (secondary N) is 2. The zero-order valence-corrected chi connectivity index (χ0v) is 15.6. The molecule has 1 heterocycles. The second-order valence-electron chi connectivity index (χ2n) is 6.06. The quantitative estimate of drug-likeness (QED) is 0.480. The Hall–Kier alpha value is -4.14. The minimum Gasteiger partial charge on any atom is -0.495 e. The van der Waals surface area contributed by atoms with E-state index in [2.05, 4.69) is 10.6 Å². The van der Waals surface area contributed by atoms with Gasteiger partial charge in [-0.25, -0.2) is 0 Å². The minimum atomic E-state index is -0.555. The molecule has 0 fully saturated rings. The van der Waals surface area contributed by atoms with Crippen LogP contribution in [0.5, 0.6) is 5.75 Å². The Balaban J connectivity index is 1.84. The predicted molar refractivity (Wildman–Crippen MR) is 105 cm³/mol. The first-order valence-corrected chi connectivity index (χ1v) is 8.48. The van der Waals surface area contributed by atoms with Crippen molar-refractivity contribution in [3.05, 3.63) is 81.8 Å². The molecule has 0 bridgehead atoms. The molecule has 0 atom stereocenters. The van der Waals surface area contributed by atoms with Crippen LogP contribution in [-0.2, 0) is 0 Å². The molecular formula is C20H17N3O6. The van der Waals surface area contributed by atoms with Crippen molar-refractivity contribution < 1.29 is 23.7 Å². The van der Waals surface area contributed by atoms with Crippen LogP contribution in [-0.4, -0.2) is 23.8 Å². The number of benzene rings is 2. The molecule has 0 aliphatic carbocycles. The molecule has 9 heteroatoms. The van der Waals surface area contributed by atoms with E-state index in [-0.39, 0.29) is 22.7 Å². The number of aryl methyl sites for hydroxylation is 1. The Labute approximate surface area is 165 Å². The molecule has 9 nitrogen and oxygen atoms in total. The number of carbonyl (C=O) groups is 2. The maximum Gasteiger partial charge on any atom is 0.291 e. The Morgan fingerprint density at radius 3 is 2.52 bits per heavy atom. The summed E-state index contributed by atoms with van der Waals surface area (Å²) in [4.78, 5) is 35.3. The van der Waals surface area contributed by atoms with Gasteiger partial charge >= 0.3 is 0 Å². The maximum atomic E-state index is 12.6. The zero-order valence-electron chi connectivity index (χ0n) is 15.6. The molecule has 0 aliphatic rings. The highest BCUT2D eigenvalue weighted by molar-refractivity contribution is 6.06. The van der Waals surface area contributed by atoms with Gasteiger partial charge in [0.1, 0.15) is 5.75 Å². The number of nitrogens with zero attached hydrogens (tertiary/aromatic N) is 1. The average molecular weight is 395 g/mol. The van der Waals surface area contributed by atoms with E-state index in [1.165, 1.54) is 43.7 Å². The van der Waals surface area contributed by atoms with Crippen LogP contribution in [0.3, 0.4) is 0 Å². The fourth-order valence-electron chi connectivity index (χ4n) is 2.63. The van der Waals surface area contributed by atoms with Gasteiger partial charge in [-0.15, -0.1) is 0 Å². The van der Waals surface area contributed by atoms with Gasteiger partial charge in [0, 0.05) is 22.9 Å². The lowest BCUT2D eigenvalue weighted by Gasteiger charge is -2.13. The maximum absolute atomic E-state index is 12.6. The van der Waals surface area contributed by atoms with Crippen molar-refractivity contribution in [1.29, 1.82) is 0 Å². The third-order valence-electron chi connectivity index (χ3n) is 4.12. The van der Waals surface area contributed by atoms with Crippen LogP contribution in [0.15, 0.2) is 59.2 Å². The Kier molecular flexibility index (Phi) is 5.59. The van der Waals surface area contributed by atoms with Gasteiger partial charge in [0.25, 0.3) is 17.5 Å². The molecule has 0 aliphatic heterocycles. The minimum absolute atomic E-state index is 0.120. The van der Waals surface area contributed by atoms with Crippen molar-refractivity contribution in [2.45, 2.75) is 6.92 Å².